The highest BCUT2D eigenvalue weighted by molar-refractivity contribution is 6.30. The highest BCUT2D eigenvalue weighted by Gasteiger charge is 2.22. The molecule has 2 aromatic carbocycles. The molecule has 0 radical (unpaired) electrons. The predicted octanol–water partition coefficient (Wildman–Crippen LogP) is 5.68. The van der Waals surface area contributed by atoms with Gasteiger partial charge in [-0.2, -0.15) is 10.2 Å². The number of furan rings is 1. The summed E-state index contributed by atoms with van der Waals surface area (Å²) in [4.78, 5) is 6.30. The second-order valence-corrected chi connectivity index (χ2v) is 7.01. The van der Waals surface area contributed by atoms with Gasteiger partial charge in [0.1, 0.15) is 17.6 Å². The molecule has 0 saturated carbocycles. The van der Waals surface area contributed by atoms with Crippen molar-refractivity contribution in [1.82, 2.24) is 4.98 Å². The largest absolute Gasteiger partial charge is 0.497 e. The summed E-state index contributed by atoms with van der Waals surface area (Å²) in [5, 5.41) is 10.3. The molecule has 0 atom stereocenters. The van der Waals surface area contributed by atoms with E-state index in [0.29, 0.717) is 29.9 Å². The molecule has 0 spiro atoms. The zero-order chi connectivity index (χ0) is 20.9. The molecule has 4 rings (SSSR count). The minimum absolute atomic E-state index is 0.203. The number of benzene rings is 2. The number of methoxy groups -OCH3 is 1. The minimum atomic E-state index is 0.203. The minimum Gasteiger partial charge on any atom is -0.497 e. The Morgan fingerprint density at radius 1 is 1.10 bits per heavy atom. The molecule has 0 fully saturated rings. The van der Waals surface area contributed by atoms with Crippen molar-refractivity contribution in [2.75, 3.05) is 12.0 Å². The summed E-state index contributed by atoms with van der Waals surface area (Å²) in [6.07, 6.45) is 1.61. The Morgan fingerprint density at radius 3 is 2.63 bits per heavy atom. The fourth-order valence-corrected chi connectivity index (χ4v) is 3.22. The van der Waals surface area contributed by atoms with Gasteiger partial charge in [0.25, 0.3) is 0 Å². The third kappa shape index (κ3) is 4.32. The van der Waals surface area contributed by atoms with Crippen LogP contribution in [0.4, 0.5) is 5.88 Å². The molecule has 0 aliphatic heterocycles. The van der Waals surface area contributed by atoms with Crippen molar-refractivity contribution in [2.24, 2.45) is 0 Å². The first kappa shape index (κ1) is 19.6. The molecular weight excluding hydrogens is 402 g/mol. The lowest BCUT2D eigenvalue weighted by Crippen LogP contribution is -2.22. The maximum absolute atomic E-state index is 9.68. The Bertz CT molecular complexity index is 1160. The van der Waals surface area contributed by atoms with Crippen LogP contribution < -0.4 is 9.64 Å². The Hall–Kier alpha value is -3.69. The van der Waals surface area contributed by atoms with E-state index in [9.17, 15) is 5.26 Å². The van der Waals surface area contributed by atoms with Crippen LogP contribution in [0, 0.1) is 11.3 Å². The van der Waals surface area contributed by atoms with Gasteiger partial charge in [-0.25, -0.2) is 0 Å². The van der Waals surface area contributed by atoms with Gasteiger partial charge in [-0.1, -0.05) is 23.7 Å². The molecule has 0 bridgehead atoms. The van der Waals surface area contributed by atoms with Crippen LogP contribution in [0.3, 0.4) is 0 Å². The summed E-state index contributed by atoms with van der Waals surface area (Å²) in [5.41, 5.74) is 1.94. The third-order valence-corrected chi connectivity index (χ3v) is 4.78. The van der Waals surface area contributed by atoms with Crippen molar-refractivity contribution in [3.8, 4) is 23.3 Å². The van der Waals surface area contributed by atoms with Gasteiger partial charge in [0.05, 0.1) is 19.9 Å². The van der Waals surface area contributed by atoms with Crippen LogP contribution >= 0.6 is 11.6 Å². The lowest BCUT2D eigenvalue weighted by Gasteiger charge is -2.21. The standard InChI is InChI=1S/C23H18ClN3O3/c1-28-19-5-2-4-16(12-19)14-27(15-20-6-3-11-29-20)23-21(13-25)26-22(30-23)17-7-9-18(24)10-8-17/h2-12H,14-15H2,1H3. The van der Waals surface area contributed by atoms with Gasteiger partial charge >= 0.3 is 0 Å². The van der Waals surface area contributed by atoms with Crippen LogP contribution in [0.25, 0.3) is 11.5 Å². The van der Waals surface area contributed by atoms with E-state index >= 15 is 0 Å². The highest BCUT2D eigenvalue weighted by Crippen LogP contribution is 2.31. The van der Waals surface area contributed by atoms with E-state index in [-0.39, 0.29) is 5.69 Å². The van der Waals surface area contributed by atoms with Crippen LogP contribution in [-0.2, 0) is 13.1 Å². The predicted molar refractivity (Wildman–Crippen MR) is 113 cm³/mol. The van der Waals surface area contributed by atoms with Crippen LogP contribution in [0.2, 0.25) is 5.02 Å². The fourth-order valence-electron chi connectivity index (χ4n) is 3.10. The van der Waals surface area contributed by atoms with Gasteiger partial charge in [0.15, 0.2) is 0 Å². The van der Waals surface area contributed by atoms with Crippen molar-refractivity contribution < 1.29 is 13.6 Å². The molecule has 0 unspecified atom stereocenters. The molecule has 2 heterocycles. The summed E-state index contributed by atoms with van der Waals surface area (Å²) in [7, 11) is 1.63. The molecule has 0 N–H and O–H groups in total. The van der Waals surface area contributed by atoms with Gasteiger partial charge in [-0.15, -0.1) is 0 Å². The van der Waals surface area contributed by atoms with Crippen LogP contribution in [0.1, 0.15) is 17.0 Å². The topological polar surface area (TPSA) is 75.4 Å². The summed E-state index contributed by atoms with van der Waals surface area (Å²) in [6.45, 7) is 0.885. The van der Waals surface area contributed by atoms with E-state index in [0.717, 1.165) is 22.6 Å². The molecule has 0 amide bonds. The molecule has 150 valence electrons. The van der Waals surface area contributed by atoms with Crippen LogP contribution in [0.5, 0.6) is 5.75 Å². The van der Waals surface area contributed by atoms with Gasteiger partial charge in [0.2, 0.25) is 17.5 Å². The second kappa shape index (κ2) is 8.76. The Labute approximate surface area is 178 Å². The number of hydrogen-bond donors (Lipinski definition) is 0. The Kier molecular flexibility index (Phi) is 5.73. The second-order valence-electron chi connectivity index (χ2n) is 6.58. The average Bonchev–Trinajstić information content (AvgIpc) is 3.44. The van der Waals surface area contributed by atoms with Crippen LogP contribution in [-0.4, -0.2) is 12.1 Å². The smallest absolute Gasteiger partial charge is 0.235 e. The summed E-state index contributed by atoms with van der Waals surface area (Å²) in [5.74, 6) is 2.23. The highest BCUT2D eigenvalue weighted by atomic mass is 35.5. The molecule has 0 saturated heterocycles. The normalized spacial score (nSPS) is 10.6. The first-order chi connectivity index (χ1) is 14.7. The fraction of sp³-hybridized carbons (Fsp3) is 0.130. The zero-order valence-corrected chi connectivity index (χ0v) is 17.0. The first-order valence-corrected chi connectivity index (χ1v) is 9.61. The summed E-state index contributed by atoms with van der Waals surface area (Å²) >= 11 is 5.98. The average molecular weight is 420 g/mol. The Morgan fingerprint density at radius 2 is 1.93 bits per heavy atom. The third-order valence-electron chi connectivity index (χ3n) is 4.53. The molecule has 4 aromatic rings. The van der Waals surface area contributed by atoms with Gasteiger partial charge in [0, 0.05) is 17.1 Å². The number of halogens is 1. The van der Waals surface area contributed by atoms with Crippen molar-refractivity contribution in [3.05, 3.63) is 89.0 Å². The van der Waals surface area contributed by atoms with E-state index in [1.54, 1.807) is 37.6 Å². The van der Waals surface area contributed by atoms with Crippen molar-refractivity contribution in [2.45, 2.75) is 13.1 Å². The number of hydrogen-bond acceptors (Lipinski definition) is 6. The molecule has 7 heteroatoms. The van der Waals surface area contributed by atoms with Crippen molar-refractivity contribution >= 4 is 17.5 Å². The maximum Gasteiger partial charge on any atom is 0.235 e. The molecule has 6 nitrogen and oxygen atoms in total. The molecule has 30 heavy (non-hydrogen) atoms. The van der Waals surface area contributed by atoms with E-state index in [2.05, 4.69) is 11.1 Å². The quantitative estimate of drug-likeness (QED) is 0.384. The lowest BCUT2D eigenvalue weighted by molar-refractivity contribution is 0.414. The lowest BCUT2D eigenvalue weighted by atomic mass is 10.2. The van der Waals surface area contributed by atoms with Gasteiger partial charge in [-0.3, -0.25) is 0 Å². The maximum atomic E-state index is 9.68. The molecular formula is C23H18ClN3O3. The number of nitriles is 1. The SMILES string of the molecule is COc1cccc(CN(Cc2ccco2)c2oc(-c3ccc(Cl)cc3)nc2C#N)c1. The van der Waals surface area contributed by atoms with Crippen molar-refractivity contribution in [1.29, 1.82) is 5.26 Å². The number of ether oxygens (including phenoxy) is 1. The van der Waals surface area contributed by atoms with E-state index in [1.165, 1.54) is 0 Å². The number of nitrogens with zero attached hydrogens (tertiary/aromatic N) is 3. The summed E-state index contributed by atoms with van der Waals surface area (Å²) < 4.78 is 16.9. The first-order valence-electron chi connectivity index (χ1n) is 9.23. The molecule has 0 aliphatic carbocycles. The number of rotatable bonds is 7. The number of oxazole rings is 1. The Balaban J connectivity index is 1.72. The van der Waals surface area contributed by atoms with E-state index in [4.69, 9.17) is 25.2 Å². The summed E-state index contributed by atoms with van der Waals surface area (Å²) in [6, 6.07) is 20.7. The number of anilines is 1. The van der Waals surface area contributed by atoms with Gasteiger partial charge in [-0.05, 0) is 54.1 Å². The monoisotopic (exact) mass is 419 g/mol. The van der Waals surface area contributed by atoms with Crippen LogP contribution in [0.15, 0.2) is 75.8 Å². The van der Waals surface area contributed by atoms with E-state index < -0.39 is 0 Å². The zero-order valence-electron chi connectivity index (χ0n) is 16.2. The van der Waals surface area contributed by atoms with Crippen molar-refractivity contribution in [3.63, 3.8) is 0 Å². The molecule has 0 aliphatic rings. The van der Waals surface area contributed by atoms with E-state index in [1.807, 2.05) is 41.3 Å². The van der Waals surface area contributed by atoms with Gasteiger partial charge < -0.3 is 18.5 Å². The number of aromatic nitrogens is 1. The molecule has 2 aromatic heterocycles.